The molecule has 102 valence electrons. The van der Waals surface area contributed by atoms with Gasteiger partial charge in [-0.25, -0.2) is 15.0 Å². The van der Waals surface area contributed by atoms with Gasteiger partial charge in [0.25, 0.3) is 0 Å². The molecular weight excluding hydrogens is 278 g/mol. The van der Waals surface area contributed by atoms with E-state index in [2.05, 4.69) is 15.0 Å². The molecule has 1 fully saturated rings. The third-order valence-corrected chi connectivity index (χ3v) is 3.38. The van der Waals surface area contributed by atoms with Crippen LogP contribution < -0.4 is 0 Å². The van der Waals surface area contributed by atoms with Crippen LogP contribution in [0.25, 0.3) is 11.2 Å². The quantitative estimate of drug-likeness (QED) is 0.613. The predicted molar refractivity (Wildman–Crippen MR) is 63.3 cm³/mol. The molecular formula is C10H11ClN4O4. The van der Waals surface area contributed by atoms with Crippen molar-refractivity contribution in [1.82, 2.24) is 19.5 Å². The molecule has 0 aliphatic carbocycles. The van der Waals surface area contributed by atoms with Crippen LogP contribution in [0.1, 0.15) is 6.23 Å². The second kappa shape index (κ2) is 4.66. The molecule has 4 atom stereocenters. The van der Waals surface area contributed by atoms with Crippen LogP contribution in [-0.4, -0.2) is 59.8 Å². The smallest absolute Gasteiger partial charge is 0.167 e. The Hall–Kier alpha value is -1.32. The minimum absolute atomic E-state index is 0.190. The lowest BCUT2D eigenvalue weighted by Gasteiger charge is -2.16. The molecule has 1 aliphatic rings. The van der Waals surface area contributed by atoms with E-state index in [1.54, 1.807) is 0 Å². The topological polar surface area (TPSA) is 114 Å². The summed E-state index contributed by atoms with van der Waals surface area (Å²) >= 11 is 5.88. The van der Waals surface area contributed by atoms with E-state index in [4.69, 9.17) is 21.4 Å². The largest absolute Gasteiger partial charge is 0.394 e. The Morgan fingerprint density at radius 2 is 2.05 bits per heavy atom. The summed E-state index contributed by atoms with van der Waals surface area (Å²) in [5.74, 6) is 0. The summed E-state index contributed by atoms with van der Waals surface area (Å²) in [5, 5.41) is 28.9. The SMILES string of the molecule is OC[C@H]1O[C@@H](n2[13cH][15n]c3c(Cl)ncnc32)[C@H](O)[C@@H]1O. The summed E-state index contributed by atoms with van der Waals surface area (Å²) in [5.41, 5.74) is 0.761. The fourth-order valence-electron chi connectivity index (χ4n) is 2.12. The number of aliphatic hydroxyl groups excluding tert-OH is 3. The Balaban J connectivity index is 2.04. The number of aromatic nitrogens is 4. The van der Waals surface area contributed by atoms with Gasteiger partial charge >= 0.3 is 0 Å². The lowest BCUT2D eigenvalue weighted by atomic mass is 10.1. The second-order valence-electron chi connectivity index (χ2n) is 4.22. The number of aliphatic hydroxyl groups is 3. The van der Waals surface area contributed by atoms with Gasteiger partial charge in [-0.15, -0.1) is 0 Å². The molecule has 0 amide bonds. The van der Waals surface area contributed by atoms with Crippen LogP contribution in [0, 0.1) is 0 Å². The lowest BCUT2D eigenvalue weighted by Crippen LogP contribution is -2.33. The zero-order valence-corrected chi connectivity index (χ0v) is 10.3. The maximum Gasteiger partial charge on any atom is 0.167 e. The van der Waals surface area contributed by atoms with Crippen LogP contribution in [-0.2, 0) is 4.74 Å². The first-order valence-corrected chi connectivity index (χ1v) is 5.96. The van der Waals surface area contributed by atoms with E-state index in [1.165, 1.54) is 17.2 Å². The van der Waals surface area contributed by atoms with Crippen molar-refractivity contribution in [2.45, 2.75) is 24.5 Å². The first kappa shape index (κ1) is 12.7. The Labute approximate surface area is 112 Å². The van der Waals surface area contributed by atoms with E-state index in [0.717, 1.165) is 0 Å². The van der Waals surface area contributed by atoms with Crippen molar-refractivity contribution in [2.24, 2.45) is 0 Å². The highest BCUT2D eigenvalue weighted by Crippen LogP contribution is 2.31. The third-order valence-electron chi connectivity index (χ3n) is 3.11. The molecule has 3 N–H and O–H groups in total. The van der Waals surface area contributed by atoms with E-state index in [-0.39, 0.29) is 5.15 Å². The Morgan fingerprint density at radius 3 is 2.74 bits per heavy atom. The number of fused-ring (bicyclic) bond motifs is 1. The summed E-state index contributed by atoms with van der Waals surface area (Å²) in [6.07, 6.45) is -1.44. The Bertz CT molecular complexity index is 606. The summed E-state index contributed by atoms with van der Waals surface area (Å²) in [6, 6.07) is 0. The standard InChI is InChI=1S/C10H11ClN4O4/c11-8-5-9(13-2-12-8)15(3-14-5)10-7(18)6(17)4(1-16)19-10/h2-4,6-7,10,16-18H,1H2/t4-,6-,7-,10-/m1/s1/i3+1,14+1. The van der Waals surface area contributed by atoms with Gasteiger partial charge in [-0.2, -0.15) is 0 Å². The maximum atomic E-state index is 9.95. The van der Waals surface area contributed by atoms with Crippen molar-refractivity contribution in [3.8, 4) is 0 Å². The molecule has 0 bridgehead atoms. The highest BCUT2D eigenvalue weighted by Gasteiger charge is 2.43. The second-order valence-corrected chi connectivity index (χ2v) is 4.58. The average molecular weight is 289 g/mol. The molecule has 2 aromatic rings. The fourth-order valence-corrected chi connectivity index (χ4v) is 2.30. The molecule has 1 saturated heterocycles. The number of rotatable bonds is 2. The summed E-state index contributed by atoms with van der Waals surface area (Å²) < 4.78 is 6.85. The van der Waals surface area contributed by atoms with Gasteiger partial charge in [0.1, 0.15) is 30.2 Å². The minimum Gasteiger partial charge on any atom is -0.394 e. The molecule has 0 unspecified atom stereocenters. The fraction of sp³-hybridized carbons (Fsp3) is 0.500. The van der Waals surface area contributed by atoms with Gasteiger partial charge in [0, 0.05) is 0 Å². The predicted octanol–water partition coefficient (Wildman–Crippen LogP) is -0.909. The lowest BCUT2D eigenvalue weighted by molar-refractivity contribution is -0.0511. The maximum absolute atomic E-state index is 9.95. The van der Waals surface area contributed by atoms with Gasteiger partial charge in [-0.05, 0) is 0 Å². The molecule has 0 saturated carbocycles. The van der Waals surface area contributed by atoms with Gasteiger partial charge in [-0.1, -0.05) is 11.6 Å². The first-order valence-electron chi connectivity index (χ1n) is 5.59. The molecule has 2 aromatic heterocycles. The van der Waals surface area contributed by atoms with E-state index >= 15 is 0 Å². The number of imidazole rings is 1. The number of nitrogens with zero attached hydrogens (tertiary/aromatic N) is 4. The van der Waals surface area contributed by atoms with E-state index in [9.17, 15) is 10.2 Å². The zero-order valence-electron chi connectivity index (χ0n) is 9.59. The summed E-state index contributed by atoms with van der Waals surface area (Å²) in [7, 11) is 0. The van der Waals surface area contributed by atoms with E-state index < -0.39 is 31.1 Å². The molecule has 3 rings (SSSR count). The molecule has 0 aromatic carbocycles. The third kappa shape index (κ3) is 1.88. The van der Waals surface area contributed by atoms with Gasteiger partial charge in [-0.3, -0.25) is 4.57 Å². The zero-order chi connectivity index (χ0) is 13.6. The molecule has 9 heteroatoms. The van der Waals surface area contributed by atoms with Gasteiger partial charge < -0.3 is 20.1 Å². The number of ether oxygens (including phenoxy) is 1. The van der Waals surface area contributed by atoms with Crippen molar-refractivity contribution in [3.63, 3.8) is 0 Å². The molecule has 19 heavy (non-hydrogen) atoms. The number of halogens is 1. The highest BCUT2D eigenvalue weighted by atomic mass is 35.5. The molecule has 1 aliphatic heterocycles. The number of hydrogen-bond donors (Lipinski definition) is 3. The molecule has 8 nitrogen and oxygen atoms in total. The summed E-state index contributed by atoms with van der Waals surface area (Å²) in [6.45, 7) is -0.392. The Kier molecular flexibility index (Phi) is 3.11. The van der Waals surface area contributed by atoms with Crippen molar-refractivity contribution < 1.29 is 20.1 Å². The normalized spacial score (nSPS) is 31.2. The van der Waals surface area contributed by atoms with Crippen LogP contribution in [0.15, 0.2) is 12.7 Å². The van der Waals surface area contributed by atoms with Gasteiger partial charge in [0.05, 0.1) is 12.9 Å². The minimum atomic E-state index is -1.19. The molecule has 0 radical (unpaired) electrons. The van der Waals surface area contributed by atoms with E-state index in [0.29, 0.717) is 11.2 Å². The number of hydrogen-bond acceptors (Lipinski definition) is 7. The first-order chi connectivity index (χ1) is 9.13. The van der Waals surface area contributed by atoms with Crippen molar-refractivity contribution >= 4 is 22.8 Å². The van der Waals surface area contributed by atoms with Crippen LogP contribution in [0.3, 0.4) is 0 Å². The average Bonchev–Trinajstić information content (AvgIpc) is 2.94. The monoisotopic (exact) mass is 288 g/mol. The van der Waals surface area contributed by atoms with Crippen LogP contribution in [0.4, 0.5) is 0 Å². The van der Waals surface area contributed by atoms with Gasteiger partial charge in [0.2, 0.25) is 0 Å². The van der Waals surface area contributed by atoms with Crippen molar-refractivity contribution in [1.29, 1.82) is 0 Å². The van der Waals surface area contributed by atoms with E-state index in [1.807, 2.05) is 0 Å². The van der Waals surface area contributed by atoms with Crippen molar-refractivity contribution in [2.75, 3.05) is 6.61 Å². The van der Waals surface area contributed by atoms with Crippen molar-refractivity contribution in [3.05, 3.63) is 17.8 Å². The van der Waals surface area contributed by atoms with Gasteiger partial charge in [0.15, 0.2) is 17.0 Å². The van der Waals surface area contributed by atoms with Crippen LogP contribution in [0.5, 0.6) is 0 Å². The molecule has 0 spiro atoms. The summed E-state index contributed by atoms with van der Waals surface area (Å²) in [4.78, 5) is 11.9. The Morgan fingerprint density at radius 1 is 1.26 bits per heavy atom. The van der Waals surface area contributed by atoms with Crippen LogP contribution in [0.2, 0.25) is 5.15 Å². The highest BCUT2D eigenvalue weighted by molar-refractivity contribution is 6.33. The molecule has 3 heterocycles. The van der Waals surface area contributed by atoms with Crippen LogP contribution >= 0.6 is 11.6 Å².